The standard InChI is InChI=1S/CH2NS.Cd.H4N2/c2-1-3;;1-2/h(H2,2,3);;1-2H2. The van der Waals surface area contributed by atoms with Crippen molar-refractivity contribution < 1.29 is 25.8 Å². The molecule has 0 aromatic rings. The first-order chi connectivity index (χ1) is 2.73. The Kier molecular flexibility index (Phi) is 15.2. The molecule has 3 nitrogen and oxygen atoms in total. The van der Waals surface area contributed by atoms with Crippen LogP contribution in [0.3, 0.4) is 0 Å². The zero-order chi connectivity index (χ0) is 5.58. The van der Waals surface area contributed by atoms with Gasteiger partial charge in [-0.3, -0.25) is 11.7 Å². The Morgan fingerprint density at radius 3 is 1.50 bits per heavy atom. The molecule has 0 atom stereocenters. The third-order valence-corrected chi connectivity index (χ3v) is 0. The van der Waals surface area contributed by atoms with E-state index in [0.29, 0.717) is 28.3 Å². The van der Waals surface area contributed by atoms with Gasteiger partial charge in [-0.15, -0.1) is 0 Å². The molecule has 0 saturated carbocycles. The van der Waals surface area contributed by atoms with Crippen molar-refractivity contribution in [2.75, 3.05) is 0 Å². The van der Waals surface area contributed by atoms with Crippen LogP contribution in [0, 0.1) is 0 Å². The minimum absolute atomic E-state index is 0.670. The molecule has 0 saturated heterocycles. The van der Waals surface area contributed by atoms with Gasteiger partial charge in [-0.2, -0.15) is 0 Å². The number of nitrogens with two attached hydrogens (primary N) is 3. The molecule has 0 amide bonds. The molecular weight excluding hydrogens is 199 g/mol. The fourth-order valence-electron chi connectivity index (χ4n) is 0. The summed E-state index contributed by atoms with van der Waals surface area (Å²) in [5, 5.41) is 0. The van der Waals surface area contributed by atoms with E-state index >= 15 is 0 Å². The van der Waals surface area contributed by atoms with Gasteiger partial charge in [0.25, 0.3) is 0 Å². The van der Waals surface area contributed by atoms with Crippen molar-refractivity contribution in [3.8, 4) is 0 Å². The Bertz CT molecular complexity index is 33.8. The van der Waals surface area contributed by atoms with Crippen molar-refractivity contribution in [2.45, 2.75) is 0 Å². The molecule has 0 aliphatic heterocycles. The summed E-state index contributed by atoms with van der Waals surface area (Å²) in [6.07, 6.45) is 0. The molecule has 6 N–H and O–H groups in total. The first-order valence-electron chi connectivity index (χ1n) is 1.18. The average molecular weight is 205 g/mol. The van der Waals surface area contributed by atoms with E-state index in [4.69, 9.17) is 5.73 Å². The topological polar surface area (TPSA) is 78.1 Å². The van der Waals surface area contributed by atoms with Gasteiger partial charge in [0.05, 0.1) is 0 Å². The SMILES string of the molecule is NN.N[C](=S)[Cd]. The van der Waals surface area contributed by atoms with Crippen molar-refractivity contribution in [1.29, 1.82) is 0 Å². The van der Waals surface area contributed by atoms with Crippen LogP contribution in [0.5, 0.6) is 0 Å². The zero-order valence-electron chi connectivity index (χ0n) is 3.35. The fraction of sp³-hybridized carbons (Fsp3) is 0. The van der Waals surface area contributed by atoms with Crippen LogP contribution in [0.2, 0.25) is 0 Å². The van der Waals surface area contributed by atoms with Crippen molar-refractivity contribution in [3.63, 3.8) is 0 Å². The van der Waals surface area contributed by atoms with Gasteiger partial charge in [-0.1, -0.05) is 0 Å². The van der Waals surface area contributed by atoms with E-state index in [0.717, 1.165) is 0 Å². The van der Waals surface area contributed by atoms with Gasteiger partial charge < -0.3 is 0 Å². The third-order valence-electron chi connectivity index (χ3n) is 0. The molecule has 0 radical (unpaired) electrons. The van der Waals surface area contributed by atoms with Crippen LogP contribution in [0.4, 0.5) is 0 Å². The molecule has 0 spiro atoms. The van der Waals surface area contributed by atoms with Gasteiger partial charge in [0.15, 0.2) is 0 Å². The summed E-state index contributed by atoms with van der Waals surface area (Å²) < 4.78 is 0.670. The molecule has 0 aromatic heterocycles. The normalized spacial score (nSPS) is 5.33. The molecular formula is CH6CdN3S. The average Bonchev–Trinajstić information content (AvgIpc) is 1.41. The molecule has 0 fully saturated rings. The Labute approximate surface area is 57.9 Å². The summed E-state index contributed by atoms with van der Waals surface area (Å²) in [6.45, 7) is 0. The summed E-state index contributed by atoms with van der Waals surface area (Å²) in [5.74, 6) is 8.00. The maximum atomic E-state index is 4.92. The molecule has 0 aliphatic carbocycles. The maximum absolute atomic E-state index is 4.92. The van der Waals surface area contributed by atoms with E-state index in [1.807, 2.05) is 0 Å². The van der Waals surface area contributed by atoms with Gasteiger partial charge in [0.1, 0.15) is 0 Å². The third kappa shape index (κ3) is 123. The van der Waals surface area contributed by atoms with E-state index in [9.17, 15) is 0 Å². The van der Waals surface area contributed by atoms with Crippen LogP contribution < -0.4 is 17.4 Å². The second-order valence-electron chi connectivity index (χ2n) is 0.466. The Balaban J connectivity index is 0. The second-order valence-corrected chi connectivity index (χ2v) is 4.63. The van der Waals surface area contributed by atoms with Crippen molar-refractivity contribution >= 4 is 14.8 Å². The number of hydrazine groups is 1. The van der Waals surface area contributed by atoms with Gasteiger partial charge in [-0.05, 0) is 0 Å². The van der Waals surface area contributed by atoms with E-state index in [2.05, 4.69) is 23.9 Å². The predicted octanol–water partition coefficient (Wildman–Crippen LogP) is -1.40. The van der Waals surface area contributed by atoms with E-state index in [1.54, 1.807) is 0 Å². The molecule has 0 aliphatic rings. The Morgan fingerprint density at radius 1 is 1.50 bits per heavy atom. The van der Waals surface area contributed by atoms with E-state index < -0.39 is 0 Å². The zero-order valence-corrected chi connectivity index (χ0v) is 8.20. The number of hydrogen-bond donors (Lipinski definition) is 3. The fourth-order valence-corrected chi connectivity index (χ4v) is 0. The van der Waals surface area contributed by atoms with Gasteiger partial charge in [0, 0.05) is 0 Å². The van der Waals surface area contributed by atoms with Crippen LogP contribution in [-0.4, -0.2) is 2.55 Å². The first kappa shape index (κ1) is 9.88. The Hall–Kier alpha value is 0.732. The second kappa shape index (κ2) is 9.22. The van der Waals surface area contributed by atoms with Crippen molar-refractivity contribution in [3.05, 3.63) is 0 Å². The monoisotopic (exact) mass is 206 g/mol. The minimum atomic E-state index is 0.670. The van der Waals surface area contributed by atoms with Crippen molar-refractivity contribution in [1.82, 2.24) is 0 Å². The summed E-state index contributed by atoms with van der Waals surface area (Å²) in [5.41, 5.74) is 4.92. The van der Waals surface area contributed by atoms with Gasteiger partial charge in [0.2, 0.25) is 0 Å². The molecule has 0 heterocycles. The van der Waals surface area contributed by atoms with Gasteiger partial charge >= 0.3 is 46.3 Å². The Morgan fingerprint density at radius 2 is 1.50 bits per heavy atom. The number of thiocarbonyl (C=S) groups is 1. The molecule has 5 heteroatoms. The van der Waals surface area contributed by atoms with Crippen molar-refractivity contribution in [2.24, 2.45) is 17.4 Å². The summed E-state index contributed by atoms with van der Waals surface area (Å²) in [4.78, 5) is 0. The van der Waals surface area contributed by atoms with Crippen LogP contribution in [0.1, 0.15) is 0 Å². The summed E-state index contributed by atoms with van der Waals surface area (Å²) >= 11 is 5.07. The molecule has 0 aromatic carbocycles. The predicted molar refractivity (Wildman–Crippen MR) is 25.2 cm³/mol. The number of rotatable bonds is 0. The molecule has 0 unspecified atom stereocenters. The van der Waals surface area contributed by atoms with Crippen LogP contribution in [-0.2, 0) is 25.8 Å². The quantitative estimate of drug-likeness (QED) is 0.196. The number of hydrogen-bond acceptors (Lipinski definition) is 3. The van der Waals surface area contributed by atoms with E-state index in [-0.39, 0.29) is 0 Å². The van der Waals surface area contributed by atoms with Crippen LogP contribution in [0.15, 0.2) is 0 Å². The van der Waals surface area contributed by atoms with Crippen LogP contribution in [0.25, 0.3) is 0 Å². The molecule has 0 rings (SSSR count). The summed E-state index contributed by atoms with van der Waals surface area (Å²) in [7, 11) is 0. The molecule has 6 heavy (non-hydrogen) atoms. The van der Waals surface area contributed by atoms with Gasteiger partial charge in [-0.25, -0.2) is 0 Å². The first-order valence-corrected chi connectivity index (χ1v) is 3.61. The molecule has 0 bridgehead atoms. The summed E-state index contributed by atoms with van der Waals surface area (Å²) in [6, 6.07) is 0. The van der Waals surface area contributed by atoms with E-state index in [1.165, 1.54) is 0 Å². The van der Waals surface area contributed by atoms with Crippen LogP contribution >= 0.6 is 12.2 Å². The molecule has 33 valence electrons.